The molecule has 3 aromatic rings. The van der Waals surface area contributed by atoms with Crippen LogP contribution in [-0.2, 0) is 14.3 Å². The number of carbonyl (C=O) groups excluding carboxylic acids is 2. The Morgan fingerprint density at radius 2 is 1.70 bits per heavy atom. The van der Waals surface area contributed by atoms with Gasteiger partial charge in [-0.05, 0) is 56.4 Å². The number of H-pyrrole nitrogens is 2. The van der Waals surface area contributed by atoms with Gasteiger partial charge in [-0.3, -0.25) is 14.5 Å². The van der Waals surface area contributed by atoms with Crippen LogP contribution in [0, 0.1) is 0 Å². The molecule has 1 unspecified atom stereocenters. The maximum absolute atomic E-state index is 12.6. The van der Waals surface area contributed by atoms with E-state index < -0.39 is 6.04 Å². The number of nitrogens with zero attached hydrogens (tertiary/aromatic N) is 2. The van der Waals surface area contributed by atoms with Gasteiger partial charge in [0, 0.05) is 30.2 Å². The molecule has 2 aromatic carbocycles. The van der Waals surface area contributed by atoms with Crippen LogP contribution in [0.3, 0.4) is 0 Å². The van der Waals surface area contributed by atoms with E-state index in [0.717, 1.165) is 32.0 Å². The molecular formula is C23H28N6O4. The monoisotopic (exact) mass is 452 g/mol. The predicted octanol–water partition coefficient (Wildman–Crippen LogP) is 1.59. The third kappa shape index (κ3) is 5.60. The van der Waals surface area contributed by atoms with E-state index >= 15 is 0 Å². The van der Waals surface area contributed by atoms with Gasteiger partial charge in [-0.25, -0.2) is 4.79 Å². The zero-order valence-electron chi connectivity index (χ0n) is 18.7. The normalized spacial score (nSPS) is 14.9. The standard InChI is InChI=1S/C23H28N6O4/c1-15(22(31)25-17-5-8-19-20(13-17)27-23(32)26-19)28(2)14-21(30)24-16-3-6-18(7-4-16)29-9-11-33-12-10-29/h3-8,13,15H,9-12,14H2,1-2H3,(H,24,30)(H,25,31)(H2,26,27,32). The Morgan fingerprint density at radius 3 is 2.42 bits per heavy atom. The first-order chi connectivity index (χ1) is 15.9. The zero-order chi connectivity index (χ0) is 23.4. The van der Waals surface area contributed by atoms with E-state index in [9.17, 15) is 14.4 Å². The topological polar surface area (TPSA) is 123 Å². The molecule has 10 heteroatoms. The summed E-state index contributed by atoms with van der Waals surface area (Å²) < 4.78 is 5.38. The van der Waals surface area contributed by atoms with Crippen LogP contribution >= 0.6 is 0 Å². The second-order valence-corrected chi connectivity index (χ2v) is 8.11. The maximum atomic E-state index is 12.6. The minimum absolute atomic E-state index is 0.0595. The van der Waals surface area contributed by atoms with E-state index in [-0.39, 0.29) is 24.0 Å². The molecule has 0 aliphatic carbocycles. The number of anilines is 3. The molecule has 4 N–H and O–H groups in total. The van der Waals surface area contributed by atoms with Crippen LogP contribution in [0.5, 0.6) is 0 Å². The van der Waals surface area contributed by atoms with Gasteiger partial charge in [0.15, 0.2) is 0 Å². The SMILES string of the molecule is CC(C(=O)Nc1ccc2[nH]c(=O)[nH]c2c1)N(C)CC(=O)Nc1ccc(N2CCOCC2)cc1. The van der Waals surface area contributed by atoms with Crippen LogP contribution in [0.2, 0.25) is 0 Å². The zero-order valence-corrected chi connectivity index (χ0v) is 18.7. The smallest absolute Gasteiger partial charge is 0.323 e. The highest BCUT2D eigenvalue weighted by Gasteiger charge is 2.21. The van der Waals surface area contributed by atoms with Crippen molar-refractivity contribution in [1.29, 1.82) is 0 Å². The summed E-state index contributed by atoms with van der Waals surface area (Å²) in [6.07, 6.45) is 0. The molecule has 2 heterocycles. The lowest BCUT2D eigenvalue weighted by molar-refractivity contribution is -0.122. The first kappa shape index (κ1) is 22.6. The lowest BCUT2D eigenvalue weighted by Gasteiger charge is -2.29. The number of amides is 2. The van der Waals surface area contributed by atoms with Gasteiger partial charge in [0.25, 0.3) is 0 Å². The van der Waals surface area contributed by atoms with Crippen molar-refractivity contribution < 1.29 is 14.3 Å². The highest BCUT2D eigenvalue weighted by molar-refractivity contribution is 5.97. The Hall–Kier alpha value is -3.63. The van der Waals surface area contributed by atoms with Gasteiger partial charge in [0.1, 0.15) is 0 Å². The molecule has 2 amide bonds. The summed E-state index contributed by atoms with van der Waals surface area (Å²) in [7, 11) is 1.72. The summed E-state index contributed by atoms with van der Waals surface area (Å²) in [5, 5.41) is 5.70. The van der Waals surface area contributed by atoms with Crippen molar-refractivity contribution in [3.8, 4) is 0 Å². The van der Waals surface area contributed by atoms with Gasteiger partial charge in [-0.2, -0.15) is 0 Å². The Bertz CT molecular complexity index is 1180. The van der Waals surface area contributed by atoms with Crippen LogP contribution in [0.15, 0.2) is 47.3 Å². The van der Waals surface area contributed by atoms with Gasteiger partial charge < -0.3 is 30.2 Å². The second-order valence-electron chi connectivity index (χ2n) is 8.11. The van der Waals surface area contributed by atoms with Crippen molar-refractivity contribution in [3.63, 3.8) is 0 Å². The van der Waals surface area contributed by atoms with Gasteiger partial charge in [-0.1, -0.05) is 0 Å². The molecule has 1 aromatic heterocycles. The van der Waals surface area contributed by atoms with E-state index in [0.29, 0.717) is 22.4 Å². The van der Waals surface area contributed by atoms with Crippen LogP contribution in [0.25, 0.3) is 11.0 Å². The quantitative estimate of drug-likeness (QED) is 0.432. The van der Waals surface area contributed by atoms with Crippen LogP contribution in [0.1, 0.15) is 6.92 Å². The average molecular weight is 453 g/mol. The first-order valence-electron chi connectivity index (χ1n) is 10.8. The van der Waals surface area contributed by atoms with E-state index in [1.165, 1.54) is 0 Å². The Kier molecular flexibility index (Phi) is 6.76. The van der Waals surface area contributed by atoms with Crippen molar-refractivity contribution in [3.05, 3.63) is 52.9 Å². The van der Waals surface area contributed by atoms with Crippen molar-refractivity contribution in [2.45, 2.75) is 13.0 Å². The molecule has 33 heavy (non-hydrogen) atoms. The number of fused-ring (bicyclic) bond motifs is 1. The summed E-state index contributed by atoms with van der Waals surface area (Å²) >= 11 is 0. The summed E-state index contributed by atoms with van der Waals surface area (Å²) in [5.41, 5.74) is 3.34. The fourth-order valence-corrected chi connectivity index (χ4v) is 3.70. The summed E-state index contributed by atoms with van der Waals surface area (Å²) in [6, 6.07) is 12.3. The molecule has 1 aliphatic heterocycles. The number of hydrogen-bond acceptors (Lipinski definition) is 6. The molecule has 4 rings (SSSR count). The fourth-order valence-electron chi connectivity index (χ4n) is 3.70. The number of ether oxygens (including phenoxy) is 1. The number of aromatic nitrogens is 2. The van der Waals surface area contributed by atoms with E-state index in [1.54, 1.807) is 37.1 Å². The number of imidazole rings is 1. The molecule has 1 aliphatic rings. The third-order valence-electron chi connectivity index (χ3n) is 5.74. The summed E-state index contributed by atoms with van der Waals surface area (Å²) in [5.74, 6) is -0.458. The minimum atomic E-state index is -0.541. The number of hydrogen-bond donors (Lipinski definition) is 4. The Balaban J connectivity index is 1.29. The molecule has 1 saturated heterocycles. The van der Waals surface area contributed by atoms with Crippen LogP contribution in [0.4, 0.5) is 17.1 Å². The number of carbonyl (C=O) groups is 2. The van der Waals surface area contributed by atoms with Gasteiger partial charge in [-0.15, -0.1) is 0 Å². The van der Waals surface area contributed by atoms with Gasteiger partial charge in [0.2, 0.25) is 11.8 Å². The van der Waals surface area contributed by atoms with Crippen LogP contribution in [-0.4, -0.2) is 72.6 Å². The average Bonchev–Trinajstić information content (AvgIpc) is 3.18. The largest absolute Gasteiger partial charge is 0.378 e. The number of nitrogens with one attached hydrogen (secondary N) is 4. The van der Waals surface area contributed by atoms with Crippen LogP contribution < -0.4 is 21.2 Å². The van der Waals surface area contributed by atoms with Crippen molar-refractivity contribution in [1.82, 2.24) is 14.9 Å². The number of morpholine rings is 1. The summed E-state index contributed by atoms with van der Waals surface area (Å²) in [6.45, 7) is 4.94. The highest BCUT2D eigenvalue weighted by atomic mass is 16.5. The lowest BCUT2D eigenvalue weighted by Crippen LogP contribution is -2.43. The lowest BCUT2D eigenvalue weighted by atomic mass is 10.2. The Labute approximate surface area is 190 Å². The Morgan fingerprint density at radius 1 is 1.03 bits per heavy atom. The minimum Gasteiger partial charge on any atom is -0.378 e. The number of aromatic amines is 2. The molecular weight excluding hydrogens is 424 g/mol. The maximum Gasteiger partial charge on any atom is 0.323 e. The molecule has 0 saturated carbocycles. The molecule has 10 nitrogen and oxygen atoms in total. The van der Waals surface area contributed by atoms with E-state index in [2.05, 4.69) is 25.5 Å². The number of likely N-dealkylation sites (N-methyl/N-ethyl adjacent to an activating group) is 1. The van der Waals surface area contributed by atoms with Crippen molar-refractivity contribution in [2.24, 2.45) is 0 Å². The third-order valence-corrected chi connectivity index (χ3v) is 5.74. The molecule has 174 valence electrons. The van der Waals surface area contributed by atoms with Gasteiger partial charge in [0.05, 0.1) is 36.8 Å². The molecule has 1 fully saturated rings. The van der Waals surface area contributed by atoms with Crippen molar-refractivity contribution >= 4 is 39.9 Å². The fraction of sp³-hybridized carbons (Fsp3) is 0.348. The van der Waals surface area contributed by atoms with Crippen molar-refractivity contribution in [2.75, 3.05) is 55.4 Å². The highest BCUT2D eigenvalue weighted by Crippen LogP contribution is 2.19. The molecule has 0 bridgehead atoms. The predicted molar refractivity (Wildman–Crippen MR) is 128 cm³/mol. The van der Waals surface area contributed by atoms with E-state index in [1.807, 2.05) is 24.3 Å². The van der Waals surface area contributed by atoms with E-state index in [4.69, 9.17) is 4.74 Å². The number of rotatable bonds is 7. The molecule has 1 atom stereocenters. The molecule has 0 radical (unpaired) electrons. The summed E-state index contributed by atoms with van der Waals surface area (Å²) in [4.78, 5) is 45.8. The first-order valence-corrected chi connectivity index (χ1v) is 10.8. The molecule has 0 spiro atoms. The number of benzene rings is 2. The second kappa shape index (κ2) is 9.88. The van der Waals surface area contributed by atoms with Gasteiger partial charge >= 0.3 is 5.69 Å².